The molecular formula is C30H26F3N3O4S. The van der Waals surface area contributed by atoms with Crippen LogP contribution in [0.4, 0.5) is 18.9 Å². The Hall–Kier alpha value is -4.38. The molecule has 212 valence electrons. The van der Waals surface area contributed by atoms with Gasteiger partial charge in [0.05, 0.1) is 34.0 Å². The van der Waals surface area contributed by atoms with Crippen LogP contribution in [-0.2, 0) is 15.7 Å². The van der Waals surface area contributed by atoms with E-state index in [9.17, 15) is 22.8 Å². The van der Waals surface area contributed by atoms with E-state index in [-0.39, 0.29) is 34.8 Å². The second kappa shape index (κ2) is 10.9. The molecule has 4 aromatic rings. The number of esters is 1. The van der Waals surface area contributed by atoms with Gasteiger partial charge in [0.2, 0.25) is 0 Å². The number of halogens is 3. The highest BCUT2D eigenvalue weighted by Crippen LogP contribution is 2.33. The van der Waals surface area contributed by atoms with Gasteiger partial charge in [-0.25, -0.2) is 9.79 Å². The molecule has 2 aromatic carbocycles. The minimum atomic E-state index is -4.48. The zero-order valence-corrected chi connectivity index (χ0v) is 23.5. The molecule has 7 nitrogen and oxygen atoms in total. The Kier molecular flexibility index (Phi) is 7.48. The molecule has 3 heterocycles. The Morgan fingerprint density at radius 3 is 2.54 bits per heavy atom. The van der Waals surface area contributed by atoms with Crippen molar-refractivity contribution in [2.75, 3.05) is 25.6 Å². The van der Waals surface area contributed by atoms with Crippen molar-refractivity contribution in [3.8, 4) is 11.3 Å². The number of fused-ring (bicyclic) bond motifs is 1. The Bertz CT molecular complexity index is 1830. The summed E-state index contributed by atoms with van der Waals surface area (Å²) < 4.78 is 52.4. The first-order chi connectivity index (χ1) is 19.5. The van der Waals surface area contributed by atoms with Gasteiger partial charge in [0.1, 0.15) is 11.5 Å². The van der Waals surface area contributed by atoms with Crippen LogP contribution < -0.4 is 19.8 Å². The third-order valence-corrected chi connectivity index (χ3v) is 7.60. The number of thiazole rings is 1. The lowest BCUT2D eigenvalue weighted by Crippen LogP contribution is -2.39. The van der Waals surface area contributed by atoms with E-state index < -0.39 is 23.8 Å². The topological polar surface area (TPSA) is 77.0 Å². The second-order valence-electron chi connectivity index (χ2n) is 9.57. The third kappa shape index (κ3) is 5.49. The highest BCUT2D eigenvalue weighted by Gasteiger charge is 2.33. The molecule has 0 N–H and O–H groups in total. The third-order valence-electron chi connectivity index (χ3n) is 6.62. The van der Waals surface area contributed by atoms with Crippen molar-refractivity contribution in [3.63, 3.8) is 0 Å². The summed E-state index contributed by atoms with van der Waals surface area (Å²) in [5.41, 5.74) is 1.47. The van der Waals surface area contributed by atoms with Crippen LogP contribution in [0, 0.1) is 0 Å². The minimum Gasteiger partial charge on any atom is -0.463 e. The van der Waals surface area contributed by atoms with Gasteiger partial charge in [-0.15, -0.1) is 0 Å². The molecule has 11 heteroatoms. The first-order valence-electron chi connectivity index (χ1n) is 12.7. The number of rotatable bonds is 6. The van der Waals surface area contributed by atoms with Gasteiger partial charge >= 0.3 is 12.1 Å². The summed E-state index contributed by atoms with van der Waals surface area (Å²) >= 11 is 1.13. The van der Waals surface area contributed by atoms with Gasteiger partial charge in [-0.3, -0.25) is 9.36 Å². The molecule has 41 heavy (non-hydrogen) atoms. The van der Waals surface area contributed by atoms with E-state index in [1.807, 2.05) is 43.3 Å². The van der Waals surface area contributed by atoms with E-state index in [1.54, 1.807) is 26.0 Å². The number of hydrogen-bond donors (Lipinski definition) is 0. The largest absolute Gasteiger partial charge is 0.463 e. The maximum Gasteiger partial charge on any atom is 0.416 e. The standard InChI is InChI=1S/C30H26F3N3O4S/c1-5-39-28(38)25-17(2)34-29-36(26(25)18-9-11-21(12-10-18)35(3)4)27(37)24(41-29)16-22-13-14-23(40-22)19-7-6-8-20(15-19)30(31,32)33/h6-16,26H,5H2,1-4H3/t26-/m1/s1. The molecule has 0 saturated carbocycles. The summed E-state index contributed by atoms with van der Waals surface area (Å²) in [4.78, 5) is 33.7. The van der Waals surface area contributed by atoms with E-state index in [1.165, 1.54) is 22.8 Å². The van der Waals surface area contributed by atoms with E-state index in [0.29, 0.717) is 20.6 Å². The number of hydrogen-bond acceptors (Lipinski definition) is 7. The smallest absolute Gasteiger partial charge is 0.416 e. The lowest BCUT2D eigenvalue weighted by molar-refractivity contribution is -0.139. The molecule has 0 radical (unpaired) electrons. The number of ether oxygens (including phenoxy) is 1. The Morgan fingerprint density at radius 2 is 1.88 bits per heavy atom. The summed E-state index contributed by atoms with van der Waals surface area (Å²) in [6.07, 6.45) is -2.96. The van der Waals surface area contributed by atoms with Gasteiger partial charge in [0.15, 0.2) is 4.80 Å². The molecule has 1 aliphatic rings. The van der Waals surface area contributed by atoms with Crippen LogP contribution in [-0.4, -0.2) is 31.2 Å². The zero-order chi connectivity index (χ0) is 29.5. The van der Waals surface area contributed by atoms with Crippen molar-refractivity contribution in [1.82, 2.24) is 4.57 Å². The van der Waals surface area contributed by atoms with Gasteiger partial charge in [0.25, 0.3) is 5.56 Å². The van der Waals surface area contributed by atoms with Crippen molar-refractivity contribution in [2.45, 2.75) is 26.1 Å². The van der Waals surface area contributed by atoms with Crippen molar-refractivity contribution in [2.24, 2.45) is 4.99 Å². The number of aromatic nitrogens is 1. The molecule has 2 aromatic heterocycles. The predicted molar refractivity (Wildman–Crippen MR) is 150 cm³/mol. The van der Waals surface area contributed by atoms with Gasteiger partial charge in [-0.05, 0) is 55.8 Å². The van der Waals surface area contributed by atoms with Gasteiger partial charge < -0.3 is 14.1 Å². The molecule has 0 bridgehead atoms. The summed E-state index contributed by atoms with van der Waals surface area (Å²) in [6.45, 7) is 3.58. The van der Waals surface area contributed by atoms with Crippen LogP contribution in [0.5, 0.6) is 0 Å². The summed E-state index contributed by atoms with van der Waals surface area (Å²) in [6, 6.07) is 14.7. The number of alkyl halides is 3. The fraction of sp³-hybridized carbons (Fsp3) is 0.233. The van der Waals surface area contributed by atoms with Gasteiger partial charge in [-0.2, -0.15) is 13.2 Å². The van der Waals surface area contributed by atoms with Crippen molar-refractivity contribution in [1.29, 1.82) is 0 Å². The SMILES string of the molecule is CCOC(=O)C1=C(C)N=c2sc(=Cc3ccc(-c4cccc(C(F)(F)F)c4)o3)c(=O)n2[C@@H]1c1ccc(N(C)C)cc1. The quantitative estimate of drug-likeness (QED) is 0.295. The summed E-state index contributed by atoms with van der Waals surface area (Å²) in [5, 5.41) is 0. The van der Waals surface area contributed by atoms with Crippen LogP contribution in [0.2, 0.25) is 0 Å². The number of anilines is 1. The lowest BCUT2D eigenvalue weighted by Gasteiger charge is -2.25. The molecule has 0 unspecified atom stereocenters. The van der Waals surface area contributed by atoms with Crippen molar-refractivity contribution < 1.29 is 27.1 Å². The number of nitrogens with zero attached hydrogens (tertiary/aromatic N) is 3. The Balaban J connectivity index is 1.60. The minimum absolute atomic E-state index is 0.166. The number of benzene rings is 2. The van der Waals surface area contributed by atoms with Crippen LogP contribution in [0.15, 0.2) is 86.1 Å². The number of carbonyl (C=O) groups excluding carboxylic acids is 1. The fourth-order valence-electron chi connectivity index (χ4n) is 4.63. The number of furan rings is 1. The average Bonchev–Trinajstić information content (AvgIpc) is 3.52. The highest BCUT2D eigenvalue weighted by atomic mass is 32.1. The van der Waals surface area contributed by atoms with Crippen molar-refractivity contribution in [3.05, 3.63) is 109 Å². The summed E-state index contributed by atoms with van der Waals surface area (Å²) in [7, 11) is 3.83. The normalized spacial score (nSPS) is 15.5. The molecule has 5 rings (SSSR count). The Labute approximate surface area is 237 Å². The van der Waals surface area contributed by atoms with Crippen LogP contribution in [0.1, 0.15) is 36.8 Å². The number of allylic oxidation sites excluding steroid dienone is 1. The van der Waals surface area contributed by atoms with E-state index in [4.69, 9.17) is 9.15 Å². The molecule has 0 amide bonds. The van der Waals surface area contributed by atoms with Crippen LogP contribution >= 0.6 is 11.3 Å². The molecule has 0 spiro atoms. The maximum atomic E-state index is 13.8. The summed E-state index contributed by atoms with van der Waals surface area (Å²) in [5.74, 6) is -0.0354. The van der Waals surface area contributed by atoms with E-state index in [0.717, 1.165) is 29.2 Å². The average molecular weight is 582 g/mol. The molecule has 1 atom stereocenters. The first kappa shape index (κ1) is 28.2. The molecule has 0 aliphatic carbocycles. The monoisotopic (exact) mass is 581 g/mol. The molecular weight excluding hydrogens is 555 g/mol. The predicted octanol–water partition coefficient (Wildman–Crippen LogP) is 5.14. The molecule has 0 saturated heterocycles. The van der Waals surface area contributed by atoms with E-state index in [2.05, 4.69) is 4.99 Å². The van der Waals surface area contributed by atoms with Crippen LogP contribution in [0.3, 0.4) is 0 Å². The number of carbonyl (C=O) groups is 1. The lowest BCUT2D eigenvalue weighted by atomic mass is 9.95. The Morgan fingerprint density at radius 1 is 1.15 bits per heavy atom. The molecule has 1 aliphatic heterocycles. The fourth-order valence-corrected chi connectivity index (χ4v) is 5.65. The zero-order valence-electron chi connectivity index (χ0n) is 22.7. The highest BCUT2D eigenvalue weighted by molar-refractivity contribution is 7.07. The van der Waals surface area contributed by atoms with Gasteiger partial charge in [0, 0.05) is 31.4 Å². The maximum absolute atomic E-state index is 13.8. The first-order valence-corrected chi connectivity index (χ1v) is 13.5. The van der Waals surface area contributed by atoms with E-state index >= 15 is 0 Å². The molecule has 0 fully saturated rings. The van der Waals surface area contributed by atoms with Crippen molar-refractivity contribution >= 4 is 29.1 Å². The van der Waals surface area contributed by atoms with Gasteiger partial charge in [-0.1, -0.05) is 35.6 Å². The second-order valence-corrected chi connectivity index (χ2v) is 10.6. The van der Waals surface area contributed by atoms with Crippen LogP contribution in [0.25, 0.3) is 17.4 Å².